The van der Waals surface area contributed by atoms with Gasteiger partial charge in [-0.2, -0.15) is 0 Å². The molecular weight excluding hydrogens is 293 g/mol. The SMILES string of the molecule is O=C1C=C2C[C@@H](c3cccc(F)c3)[C@@H]3C[C@@]2(O1)[C@H]1CCCCN31. The summed E-state index contributed by atoms with van der Waals surface area (Å²) in [7, 11) is 0. The van der Waals surface area contributed by atoms with E-state index in [0.29, 0.717) is 12.1 Å². The molecule has 4 atom stereocenters. The summed E-state index contributed by atoms with van der Waals surface area (Å²) in [6.07, 6.45) is 6.89. The first kappa shape index (κ1) is 13.7. The highest BCUT2D eigenvalue weighted by molar-refractivity contribution is 5.87. The fraction of sp³-hybridized carbons (Fsp3) is 0.526. The van der Waals surface area contributed by atoms with E-state index in [4.69, 9.17) is 4.74 Å². The van der Waals surface area contributed by atoms with Gasteiger partial charge in [-0.3, -0.25) is 4.90 Å². The number of fused-ring (bicyclic) bond motifs is 3. The number of esters is 1. The number of piperidine rings is 1. The van der Waals surface area contributed by atoms with Crippen molar-refractivity contribution >= 4 is 5.97 Å². The fourth-order valence-electron chi connectivity index (χ4n) is 5.46. The topological polar surface area (TPSA) is 29.5 Å². The molecule has 0 amide bonds. The van der Waals surface area contributed by atoms with Crippen LogP contribution in [0.4, 0.5) is 4.39 Å². The van der Waals surface area contributed by atoms with Crippen molar-refractivity contribution in [1.29, 1.82) is 0 Å². The molecule has 0 aromatic heterocycles. The second-order valence-electron chi connectivity index (χ2n) is 7.37. The highest BCUT2D eigenvalue weighted by Gasteiger charge is 2.63. The molecule has 0 radical (unpaired) electrons. The van der Waals surface area contributed by atoms with E-state index in [1.807, 2.05) is 6.07 Å². The molecule has 1 aromatic carbocycles. The maximum absolute atomic E-state index is 13.7. The van der Waals surface area contributed by atoms with Crippen LogP contribution in [-0.2, 0) is 9.53 Å². The Hall–Kier alpha value is -1.68. The molecule has 1 aromatic rings. The van der Waals surface area contributed by atoms with Crippen LogP contribution in [0.1, 0.15) is 43.6 Å². The van der Waals surface area contributed by atoms with Crippen LogP contribution in [0.3, 0.4) is 0 Å². The zero-order chi connectivity index (χ0) is 15.6. The number of carbonyl (C=O) groups excluding carboxylic acids is 1. The van der Waals surface area contributed by atoms with E-state index in [9.17, 15) is 9.18 Å². The summed E-state index contributed by atoms with van der Waals surface area (Å²) in [5, 5.41) is 0. The molecule has 3 heterocycles. The van der Waals surface area contributed by atoms with Crippen molar-refractivity contribution < 1.29 is 13.9 Å². The Balaban J connectivity index is 1.61. The van der Waals surface area contributed by atoms with Gasteiger partial charge in [0.15, 0.2) is 5.60 Å². The van der Waals surface area contributed by atoms with Crippen molar-refractivity contribution in [2.24, 2.45) is 0 Å². The third-order valence-electron chi connectivity index (χ3n) is 6.32. The van der Waals surface area contributed by atoms with Crippen molar-refractivity contribution in [3.63, 3.8) is 0 Å². The molecule has 23 heavy (non-hydrogen) atoms. The molecule has 120 valence electrons. The number of carbonyl (C=O) groups is 1. The third-order valence-corrected chi connectivity index (χ3v) is 6.32. The summed E-state index contributed by atoms with van der Waals surface area (Å²) >= 11 is 0. The Morgan fingerprint density at radius 1 is 1.30 bits per heavy atom. The Kier molecular flexibility index (Phi) is 2.79. The molecule has 2 saturated heterocycles. The van der Waals surface area contributed by atoms with Crippen molar-refractivity contribution in [2.45, 2.75) is 55.7 Å². The highest BCUT2D eigenvalue weighted by atomic mass is 19.1. The summed E-state index contributed by atoms with van der Waals surface area (Å²) in [5.74, 6) is -0.117. The predicted octanol–water partition coefficient (Wildman–Crippen LogP) is 3.16. The van der Waals surface area contributed by atoms with Crippen LogP contribution in [0.15, 0.2) is 35.9 Å². The predicted molar refractivity (Wildman–Crippen MR) is 83.4 cm³/mol. The Bertz CT molecular complexity index is 715. The van der Waals surface area contributed by atoms with Gasteiger partial charge in [-0.15, -0.1) is 0 Å². The van der Waals surface area contributed by atoms with Crippen molar-refractivity contribution in [3.8, 4) is 0 Å². The van der Waals surface area contributed by atoms with Gasteiger partial charge in [0, 0.05) is 24.5 Å². The molecule has 0 N–H and O–H groups in total. The van der Waals surface area contributed by atoms with Gasteiger partial charge in [0.1, 0.15) is 5.82 Å². The molecule has 1 spiro atoms. The second kappa shape index (κ2) is 4.67. The molecule has 1 aliphatic carbocycles. The van der Waals surface area contributed by atoms with E-state index in [1.165, 1.54) is 18.9 Å². The van der Waals surface area contributed by atoms with Crippen LogP contribution in [0.2, 0.25) is 0 Å². The molecular formula is C19H20FNO2. The van der Waals surface area contributed by atoms with Gasteiger partial charge < -0.3 is 4.74 Å². The molecule has 3 fully saturated rings. The van der Waals surface area contributed by atoms with Crippen LogP contribution in [0, 0.1) is 5.82 Å². The van der Waals surface area contributed by atoms with Gasteiger partial charge in [0.2, 0.25) is 0 Å². The lowest BCUT2D eigenvalue weighted by atomic mass is 9.71. The number of benzene rings is 1. The van der Waals surface area contributed by atoms with Crippen molar-refractivity contribution in [3.05, 3.63) is 47.3 Å². The van der Waals surface area contributed by atoms with Crippen LogP contribution < -0.4 is 0 Å². The van der Waals surface area contributed by atoms with Gasteiger partial charge in [0.25, 0.3) is 0 Å². The fourth-order valence-corrected chi connectivity index (χ4v) is 5.46. The van der Waals surface area contributed by atoms with Crippen LogP contribution in [0.25, 0.3) is 0 Å². The maximum atomic E-state index is 13.7. The summed E-state index contributed by atoms with van der Waals surface area (Å²) in [4.78, 5) is 14.5. The number of halogens is 1. The van der Waals surface area contributed by atoms with Crippen LogP contribution in [0.5, 0.6) is 0 Å². The molecule has 4 heteroatoms. The first-order valence-corrected chi connectivity index (χ1v) is 8.63. The lowest BCUT2D eigenvalue weighted by Crippen LogP contribution is -2.48. The second-order valence-corrected chi connectivity index (χ2v) is 7.37. The Morgan fingerprint density at radius 3 is 3.09 bits per heavy atom. The average molecular weight is 313 g/mol. The minimum atomic E-state index is -0.383. The molecule has 2 bridgehead atoms. The molecule has 3 aliphatic heterocycles. The number of ether oxygens (including phenoxy) is 1. The van der Waals surface area contributed by atoms with Crippen molar-refractivity contribution in [1.82, 2.24) is 4.90 Å². The number of hydrogen-bond donors (Lipinski definition) is 0. The van der Waals surface area contributed by atoms with Gasteiger partial charge in [-0.1, -0.05) is 18.6 Å². The zero-order valence-electron chi connectivity index (χ0n) is 13.0. The summed E-state index contributed by atoms with van der Waals surface area (Å²) < 4.78 is 19.6. The van der Waals surface area contributed by atoms with E-state index >= 15 is 0 Å². The minimum Gasteiger partial charge on any atom is -0.450 e. The first-order valence-electron chi connectivity index (χ1n) is 8.63. The van der Waals surface area contributed by atoms with Crippen LogP contribution in [-0.4, -0.2) is 35.1 Å². The average Bonchev–Trinajstić information content (AvgIpc) is 3.03. The molecule has 4 aliphatic rings. The smallest absolute Gasteiger partial charge is 0.331 e. The molecule has 5 rings (SSSR count). The minimum absolute atomic E-state index is 0.180. The summed E-state index contributed by atoms with van der Waals surface area (Å²) in [6.45, 7) is 1.06. The van der Waals surface area contributed by atoms with Crippen LogP contribution >= 0.6 is 0 Å². The van der Waals surface area contributed by atoms with Gasteiger partial charge in [-0.05, 0) is 49.1 Å². The maximum Gasteiger partial charge on any atom is 0.331 e. The van der Waals surface area contributed by atoms with E-state index in [0.717, 1.165) is 36.9 Å². The molecule has 0 unspecified atom stereocenters. The lowest BCUT2D eigenvalue weighted by molar-refractivity contribution is -0.148. The normalized spacial score (nSPS) is 38.7. The largest absolute Gasteiger partial charge is 0.450 e. The van der Waals surface area contributed by atoms with Gasteiger partial charge >= 0.3 is 5.97 Å². The Morgan fingerprint density at radius 2 is 2.22 bits per heavy atom. The third kappa shape index (κ3) is 1.81. The van der Waals surface area contributed by atoms with E-state index in [2.05, 4.69) is 4.90 Å². The first-order chi connectivity index (χ1) is 11.2. The van der Waals surface area contributed by atoms with Crippen molar-refractivity contribution in [2.75, 3.05) is 6.54 Å². The Labute approximate surface area is 135 Å². The lowest BCUT2D eigenvalue weighted by Gasteiger charge is -2.38. The monoisotopic (exact) mass is 313 g/mol. The number of nitrogens with zero attached hydrogens (tertiary/aromatic N) is 1. The van der Waals surface area contributed by atoms with E-state index in [-0.39, 0.29) is 23.3 Å². The van der Waals surface area contributed by atoms with E-state index < -0.39 is 0 Å². The molecule has 3 nitrogen and oxygen atoms in total. The number of hydrogen-bond acceptors (Lipinski definition) is 3. The zero-order valence-corrected chi connectivity index (χ0v) is 13.0. The standard InChI is InChI=1S/C19H20FNO2/c20-14-5-3-4-12(8-14)15-9-13-10-18(22)23-19(13)11-16(15)21-7-2-1-6-17(19)21/h3-5,8,10,15-17H,1-2,6-7,9,11H2/t15-,16-,17+,19-/m0/s1. The molecule has 1 saturated carbocycles. The quantitative estimate of drug-likeness (QED) is 0.746. The number of rotatable bonds is 1. The van der Waals surface area contributed by atoms with Gasteiger partial charge in [-0.25, -0.2) is 9.18 Å². The van der Waals surface area contributed by atoms with E-state index in [1.54, 1.807) is 18.2 Å². The summed E-state index contributed by atoms with van der Waals surface area (Å²) in [5.41, 5.74) is 1.81. The summed E-state index contributed by atoms with van der Waals surface area (Å²) in [6, 6.07) is 7.64. The highest BCUT2D eigenvalue weighted by Crippen LogP contribution is 2.57. The van der Waals surface area contributed by atoms with Gasteiger partial charge in [0.05, 0.1) is 6.04 Å².